The van der Waals surface area contributed by atoms with Gasteiger partial charge in [0.25, 0.3) is 5.91 Å². The third-order valence-corrected chi connectivity index (χ3v) is 4.56. The first kappa shape index (κ1) is 18.2. The van der Waals surface area contributed by atoms with Gasteiger partial charge in [-0.25, -0.2) is 9.18 Å². The van der Waals surface area contributed by atoms with Gasteiger partial charge in [-0.3, -0.25) is 4.79 Å². The van der Waals surface area contributed by atoms with Crippen LogP contribution in [0.15, 0.2) is 48.5 Å². The number of rotatable bonds is 4. The summed E-state index contributed by atoms with van der Waals surface area (Å²) in [5.41, 5.74) is 0.760. The van der Waals surface area contributed by atoms with E-state index in [0.29, 0.717) is 26.2 Å². The number of benzene rings is 2. The van der Waals surface area contributed by atoms with Crippen molar-refractivity contribution in [3.8, 4) is 0 Å². The van der Waals surface area contributed by atoms with Crippen LogP contribution in [0.2, 0.25) is 5.02 Å². The summed E-state index contributed by atoms with van der Waals surface area (Å²) in [5.74, 6) is -2.02. The molecule has 2 aromatic rings. The molecule has 0 atom stereocenters. The third-order valence-electron chi connectivity index (χ3n) is 4.25. The van der Waals surface area contributed by atoms with Crippen LogP contribution in [0.3, 0.4) is 0 Å². The summed E-state index contributed by atoms with van der Waals surface area (Å²) in [4.78, 5) is 28.1. The maximum Gasteiger partial charge on any atom is 0.343 e. The van der Waals surface area contributed by atoms with E-state index in [1.54, 1.807) is 4.90 Å². The lowest BCUT2D eigenvalue weighted by atomic mass is 10.2. The SMILES string of the molecule is O=C(OCC(=O)N1CCN(c2ccccc2)CC1)c1c(F)cccc1Cl. The monoisotopic (exact) mass is 376 g/mol. The molecule has 1 fully saturated rings. The first-order valence-corrected chi connectivity index (χ1v) is 8.63. The largest absolute Gasteiger partial charge is 0.452 e. The number of anilines is 1. The number of carbonyl (C=O) groups is 2. The Balaban J connectivity index is 1.51. The molecule has 7 heteroatoms. The number of hydrogen-bond acceptors (Lipinski definition) is 4. The van der Waals surface area contributed by atoms with Crippen LogP contribution in [0.25, 0.3) is 0 Å². The summed E-state index contributed by atoms with van der Waals surface area (Å²) < 4.78 is 18.6. The molecular weight excluding hydrogens is 359 g/mol. The fourth-order valence-electron chi connectivity index (χ4n) is 2.84. The summed E-state index contributed by atoms with van der Waals surface area (Å²) in [6.45, 7) is 2.03. The van der Waals surface area contributed by atoms with Crippen LogP contribution >= 0.6 is 11.6 Å². The quantitative estimate of drug-likeness (QED) is 0.770. The Morgan fingerprint density at radius 1 is 1.00 bits per heavy atom. The molecule has 26 heavy (non-hydrogen) atoms. The highest BCUT2D eigenvalue weighted by molar-refractivity contribution is 6.33. The van der Waals surface area contributed by atoms with Gasteiger partial charge in [0.1, 0.15) is 11.4 Å². The van der Waals surface area contributed by atoms with Gasteiger partial charge in [-0.05, 0) is 24.3 Å². The molecule has 1 aliphatic rings. The number of ether oxygens (including phenoxy) is 1. The number of amides is 1. The highest BCUT2D eigenvalue weighted by Crippen LogP contribution is 2.20. The number of hydrogen-bond donors (Lipinski definition) is 0. The Morgan fingerprint density at radius 2 is 1.69 bits per heavy atom. The second kappa shape index (κ2) is 8.19. The van der Waals surface area contributed by atoms with E-state index < -0.39 is 18.4 Å². The molecule has 0 saturated carbocycles. The van der Waals surface area contributed by atoms with Gasteiger partial charge < -0.3 is 14.5 Å². The highest BCUT2D eigenvalue weighted by atomic mass is 35.5. The zero-order valence-corrected chi connectivity index (χ0v) is 14.8. The molecule has 1 heterocycles. The molecule has 5 nitrogen and oxygen atoms in total. The topological polar surface area (TPSA) is 49.9 Å². The fourth-order valence-corrected chi connectivity index (χ4v) is 3.08. The zero-order valence-electron chi connectivity index (χ0n) is 14.0. The van der Waals surface area contributed by atoms with Crippen LogP contribution < -0.4 is 4.90 Å². The molecule has 0 radical (unpaired) electrons. The van der Waals surface area contributed by atoms with Gasteiger partial charge in [-0.15, -0.1) is 0 Å². The van der Waals surface area contributed by atoms with Gasteiger partial charge in [-0.1, -0.05) is 35.9 Å². The van der Waals surface area contributed by atoms with Crippen LogP contribution in [-0.4, -0.2) is 49.6 Å². The van der Waals surface area contributed by atoms with Crippen molar-refractivity contribution in [1.82, 2.24) is 4.90 Å². The van der Waals surface area contributed by atoms with Crippen LogP contribution in [0.1, 0.15) is 10.4 Å². The maximum atomic E-state index is 13.7. The van der Waals surface area contributed by atoms with Gasteiger partial charge in [-0.2, -0.15) is 0 Å². The van der Waals surface area contributed by atoms with Crippen molar-refractivity contribution in [2.75, 3.05) is 37.7 Å². The van der Waals surface area contributed by atoms with E-state index in [9.17, 15) is 14.0 Å². The molecule has 0 bridgehead atoms. The van der Waals surface area contributed by atoms with Crippen LogP contribution in [0.5, 0.6) is 0 Å². The lowest BCUT2D eigenvalue weighted by Crippen LogP contribution is -2.49. The highest BCUT2D eigenvalue weighted by Gasteiger charge is 2.23. The lowest BCUT2D eigenvalue weighted by molar-refractivity contribution is -0.134. The second-order valence-electron chi connectivity index (χ2n) is 5.88. The van der Waals surface area contributed by atoms with Gasteiger partial charge in [0.05, 0.1) is 5.02 Å². The van der Waals surface area contributed by atoms with Gasteiger partial charge in [0, 0.05) is 31.9 Å². The Kier molecular flexibility index (Phi) is 5.73. The Bertz CT molecular complexity index is 772. The van der Waals surface area contributed by atoms with Crippen molar-refractivity contribution in [3.63, 3.8) is 0 Å². The second-order valence-corrected chi connectivity index (χ2v) is 6.28. The van der Waals surface area contributed by atoms with Crippen LogP contribution in [0.4, 0.5) is 10.1 Å². The number of halogens is 2. The molecule has 0 aromatic heterocycles. The third kappa shape index (κ3) is 4.14. The summed E-state index contributed by atoms with van der Waals surface area (Å²) in [7, 11) is 0. The first-order chi connectivity index (χ1) is 12.6. The molecule has 136 valence electrons. The molecule has 0 aliphatic carbocycles. The predicted molar refractivity (Wildman–Crippen MR) is 96.9 cm³/mol. The normalized spacial score (nSPS) is 14.2. The molecule has 1 saturated heterocycles. The van der Waals surface area contributed by atoms with Gasteiger partial charge in [0.15, 0.2) is 6.61 Å². The van der Waals surface area contributed by atoms with E-state index in [1.165, 1.54) is 12.1 Å². The van der Waals surface area contributed by atoms with Gasteiger partial charge >= 0.3 is 5.97 Å². The van der Waals surface area contributed by atoms with Crippen molar-refractivity contribution in [1.29, 1.82) is 0 Å². The molecule has 1 aliphatic heterocycles. The smallest absolute Gasteiger partial charge is 0.343 e. The Hall–Kier alpha value is -2.60. The van der Waals surface area contributed by atoms with Crippen molar-refractivity contribution in [2.24, 2.45) is 0 Å². The fraction of sp³-hybridized carbons (Fsp3) is 0.263. The summed E-state index contributed by atoms with van der Waals surface area (Å²) in [5, 5.41) is -0.0427. The summed E-state index contributed by atoms with van der Waals surface area (Å²) in [6.07, 6.45) is 0. The maximum absolute atomic E-state index is 13.7. The number of piperazine rings is 1. The predicted octanol–water partition coefficient (Wildman–Crippen LogP) is 2.98. The minimum atomic E-state index is -0.940. The molecule has 3 rings (SSSR count). The van der Waals surface area contributed by atoms with E-state index in [1.807, 2.05) is 30.3 Å². The van der Waals surface area contributed by atoms with E-state index in [0.717, 1.165) is 11.8 Å². The Labute approximate surface area is 155 Å². The molecular formula is C19H18ClFN2O3. The van der Waals surface area contributed by atoms with E-state index in [2.05, 4.69) is 4.90 Å². The number of esters is 1. The lowest BCUT2D eigenvalue weighted by Gasteiger charge is -2.36. The van der Waals surface area contributed by atoms with Crippen molar-refractivity contribution in [2.45, 2.75) is 0 Å². The number of carbonyl (C=O) groups excluding carboxylic acids is 2. The average molecular weight is 377 g/mol. The van der Waals surface area contributed by atoms with E-state index >= 15 is 0 Å². The van der Waals surface area contributed by atoms with Gasteiger partial charge in [0.2, 0.25) is 0 Å². The van der Waals surface area contributed by atoms with Crippen LogP contribution in [-0.2, 0) is 9.53 Å². The summed E-state index contributed by atoms with van der Waals surface area (Å²) >= 11 is 5.82. The molecule has 0 spiro atoms. The average Bonchev–Trinajstić information content (AvgIpc) is 2.67. The first-order valence-electron chi connectivity index (χ1n) is 8.25. The number of para-hydroxylation sites is 1. The van der Waals surface area contributed by atoms with E-state index in [-0.39, 0.29) is 16.5 Å². The minimum absolute atomic E-state index is 0.0427. The van der Waals surface area contributed by atoms with Crippen molar-refractivity contribution < 1.29 is 18.7 Å². The Morgan fingerprint density at radius 3 is 2.35 bits per heavy atom. The van der Waals surface area contributed by atoms with Crippen molar-refractivity contribution >= 4 is 29.2 Å². The molecule has 0 N–H and O–H groups in total. The zero-order chi connectivity index (χ0) is 18.5. The summed E-state index contributed by atoms with van der Waals surface area (Å²) in [6, 6.07) is 13.9. The van der Waals surface area contributed by atoms with Crippen LogP contribution in [0, 0.1) is 5.82 Å². The minimum Gasteiger partial charge on any atom is -0.452 e. The van der Waals surface area contributed by atoms with E-state index in [4.69, 9.17) is 16.3 Å². The molecule has 0 unspecified atom stereocenters. The van der Waals surface area contributed by atoms with Crippen molar-refractivity contribution in [3.05, 3.63) is 64.9 Å². The number of nitrogens with zero attached hydrogens (tertiary/aromatic N) is 2. The molecule has 2 aromatic carbocycles. The standard InChI is InChI=1S/C19H18ClFN2O3/c20-15-7-4-8-16(21)18(15)19(25)26-13-17(24)23-11-9-22(10-12-23)14-5-2-1-3-6-14/h1-8H,9-13H2. The molecule has 1 amide bonds.